The zero-order valence-electron chi connectivity index (χ0n) is 19.5. The van der Waals surface area contributed by atoms with Crippen LogP contribution in [0, 0.1) is 11.3 Å². The molecule has 0 radical (unpaired) electrons. The van der Waals surface area contributed by atoms with Crippen LogP contribution in [0.25, 0.3) is 0 Å². The maximum atomic E-state index is 14.1. The number of carbonyl (C=O) groups excluding carboxylic acids is 1. The van der Waals surface area contributed by atoms with Crippen molar-refractivity contribution in [3.63, 3.8) is 0 Å². The fourth-order valence-corrected chi connectivity index (χ4v) is 5.30. The molecule has 4 rings (SSSR count). The van der Waals surface area contributed by atoms with Gasteiger partial charge in [-0.2, -0.15) is 26.3 Å². The Labute approximate surface area is 200 Å². The van der Waals surface area contributed by atoms with Crippen LogP contribution in [0.2, 0.25) is 0 Å². The first-order chi connectivity index (χ1) is 16.4. The molecule has 1 aromatic rings. The standard InChI is InChI=1S/C24H30F6N2O3/c1-34-20-13-35-7-4-19(20)32(21(33)22(5-6-31-14-22)11-15-2-3-15)12-16-8-17(23(25,26)27)10-18(9-16)24(28,29)30/h8-10,15,19-20,31H,2-7,11-14H2,1H3. The van der Waals surface area contributed by atoms with Crippen molar-refractivity contribution in [2.24, 2.45) is 11.3 Å². The van der Waals surface area contributed by atoms with Gasteiger partial charge in [0.1, 0.15) is 6.10 Å². The summed E-state index contributed by atoms with van der Waals surface area (Å²) < 4.78 is 91.8. The first-order valence-corrected chi connectivity index (χ1v) is 11.8. The van der Waals surface area contributed by atoms with E-state index in [9.17, 15) is 31.1 Å². The van der Waals surface area contributed by atoms with E-state index >= 15 is 0 Å². The van der Waals surface area contributed by atoms with Gasteiger partial charge in [-0.25, -0.2) is 0 Å². The number of nitrogens with zero attached hydrogens (tertiary/aromatic N) is 1. The van der Waals surface area contributed by atoms with E-state index in [0.717, 1.165) is 12.8 Å². The average molecular weight is 509 g/mol. The third-order valence-electron chi connectivity index (χ3n) is 7.31. The zero-order chi connectivity index (χ0) is 25.4. The van der Waals surface area contributed by atoms with Crippen LogP contribution in [-0.4, -0.2) is 56.4 Å². The Morgan fingerprint density at radius 2 is 1.77 bits per heavy atom. The third kappa shape index (κ3) is 5.94. The lowest BCUT2D eigenvalue weighted by atomic mass is 9.79. The highest BCUT2D eigenvalue weighted by Gasteiger charge is 2.49. The summed E-state index contributed by atoms with van der Waals surface area (Å²) in [5.74, 6) is 0.174. The Hall–Kier alpha value is -1.85. The van der Waals surface area contributed by atoms with Crippen molar-refractivity contribution in [1.82, 2.24) is 10.2 Å². The number of nitrogens with one attached hydrogen (secondary N) is 1. The van der Waals surface area contributed by atoms with Crippen LogP contribution in [0.3, 0.4) is 0 Å². The minimum Gasteiger partial charge on any atom is -0.379 e. The molecule has 35 heavy (non-hydrogen) atoms. The normalized spacial score (nSPS) is 27.7. The molecule has 196 valence electrons. The number of hydrogen-bond donors (Lipinski definition) is 1. The summed E-state index contributed by atoms with van der Waals surface area (Å²) >= 11 is 0. The second-order valence-electron chi connectivity index (χ2n) is 9.91. The lowest BCUT2D eigenvalue weighted by Gasteiger charge is -2.43. The van der Waals surface area contributed by atoms with Crippen molar-refractivity contribution < 1.29 is 40.6 Å². The molecule has 1 N–H and O–H groups in total. The van der Waals surface area contributed by atoms with Crippen LogP contribution in [0.1, 0.15) is 48.8 Å². The molecule has 1 aromatic carbocycles. The van der Waals surface area contributed by atoms with E-state index in [0.29, 0.717) is 57.0 Å². The van der Waals surface area contributed by atoms with Gasteiger partial charge < -0.3 is 19.7 Å². The molecule has 3 fully saturated rings. The van der Waals surface area contributed by atoms with Crippen molar-refractivity contribution >= 4 is 5.91 Å². The van der Waals surface area contributed by atoms with Crippen LogP contribution in [0.15, 0.2) is 18.2 Å². The Kier molecular flexibility index (Phi) is 7.41. The third-order valence-corrected chi connectivity index (χ3v) is 7.31. The first-order valence-electron chi connectivity index (χ1n) is 11.8. The molecule has 3 unspecified atom stereocenters. The fraction of sp³-hybridized carbons (Fsp3) is 0.708. The largest absolute Gasteiger partial charge is 0.416 e. The summed E-state index contributed by atoms with van der Waals surface area (Å²) in [6, 6.07) is 0.994. The first kappa shape index (κ1) is 26.2. The molecule has 0 aromatic heterocycles. The highest BCUT2D eigenvalue weighted by atomic mass is 19.4. The molecule has 5 nitrogen and oxygen atoms in total. The van der Waals surface area contributed by atoms with Gasteiger partial charge in [0.05, 0.1) is 29.2 Å². The van der Waals surface area contributed by atoms with Gasteiger partial charge in [-0.1, -0.05) is 12.8 Å². The number of hydrogen-bond acceptors (Lipinski definition) is 4. The topological polar surface area (TPSA) is 50.8 Å². The van der Waals surface area contributed by atoms with Crippen molar-refractivity contribution in [1.29, 1.82) is 0 Å². The van der Waals surface area contributed by atoms with Crippen LogP contribution in [-0.2, 0) is 33.2 Å². The van der Waals surface area contributed by atoms with Crippen molar-refractivity contribution in [3.8, 4) is 0 Å². The number of carbonyl (C=O) groups is 1. The van der Waals surface area contributed by atoms with Gasteiger partial charge in [0.25, 0.3) is 0 Å². The second kappa shape index (κ2) is 9.89. The maximum Gasteiger partial charge on any atom is 0.416 e. The van der Waals surface area contributed by atoms with Gasteiger partial charge in [0.2, 0.25) is 5.91 Å². The van der Waals surface area contributed by atoms with E-state index in [2.05, 4.69) is 5.32 Å². The van der Waals surface area contributed by atoms with E-state index in [-0.39, 0.29) is 30.7 Å². The molecule has 11 heteroatoms. The molecular weight excluding hydrogens is 478 g/mol. The Morgan fingerprint density at radius 3 is 2.29 bits per heavy atom. The molecule has 1 saturated carbocycles. The quantitative estimate of drug-likeness (QED) is 0.546. The van der Waals surface area contributed by atoms with Crippen molar-refractivity contribution in [2.75, 3.05) is 33.4 Å². The summed E-state index contributed by atoms with van der Waals surface area (Å²) in [6.45, 7) is 1.21. The molecule has 2 heterocycles. The van der Waals surface area contributed by atoms with E-state index in [4.69, 9.17) is 9.47 Å². The van der Waals surface area contributed by atoms with Crippen LogP contribution in [0.5, 0.6) is 0 Å². The number of alkyl halides is 6. The van der Waals surface area contributed by atoms with Gasteiger partial charge in [0, 0.05) is 26.8 Å². The molecule has 0 bridgehead atoms. The highest BCUT2D eigenvalue weighted by molar-refractivity contribution is 5.84. The summed E-state index contributed by atoms with van der Waals surface area (Å²) in [5.41, 5.74) is -3.72. The van der Waals surface area contributed by atoms with Crippen LogP contribution >= 0.6 is 0 Å². The van der Waals surface area contributed by atoms with Gasteiger partial charge in [-0.05, 0) is 55.5 Å². The van der Waals surface area contributed by atoms with Crippen LogP contribution < -0.4 is 5.32 Å². The molecule has 0 spiro atoms. The highest BCUT2D eigenvalue weighted by Crippen LogP contribution is 2.45. The molecule has 2 aliphatic heterocycles. The smallest absolute Gasteiger partial charge is 0.379 e. The fourth-order valence-electron chi connectivity index (χ4n) is 5.30. The monoisotopic (exact) mass is 508 g/mol. The zero-order valence-corrected chi connectivity index (χ0v) is 19.5. The van der Waals surface area contributed by atoms with Gasteiger partial charge in [-0.3, -0.25) is 4.79 Å². The molecule has 3 atom stereocenters. The van der Waals surface area contributed by atoms with E-state index in [1.807, 2.05) is 0 Å². The predicted molar refractivity (Wildman–Crippen MR) is 114 cm³/mol. The second-order valence-corrected chi connectivity index (χ2v) is 9.91. The molecule has 1 aliphatic carbocycles. The molecule has 2 saturated heterocycles. The molecule has 1 amide bonds. The number of rotatable bonds is 7. The summed E-state index contributed by atoms with van der Waals surface area (Å²) in [7, 11) is 1.46. The number of benzene rings is 1. The van der Waals surface area contributed by atoms with Crippen molar-refractivity contribution in [3.05, 3.63) is 34.9 Å². The van der Waals surface area contributed by atoms with E-state index < -0.39 is 41.0 Å². The lowest BCUT2D eigenvalue weighted by Crippen LogP contribution is -2.56. The number of ether oxygens (including phenoxy) is 2. The predicted octanol–water partition coefficient (Wildman–Crippen LogP) is 4.64. The molecular formula is C24H30F6N2O3. The number of amides is 1. The Balaban J connectivity index is 1.73. The minimum atomic E-state index is -4.96. The van der Waals surface area contributed by atoms with Gasteiger partial charge >= 0.3 is 12.4 Å². The summed E-state index contributed by atoms with van der Waals surface area (Å²) in [4.78, 5) is 15.6. The summed E-state index contributed by atoms with van der Waals surface area (Å²) in [5, 5.41) is 3.23. The lowest BCUT2D eigenvalue weighted by molar-refractivity contribution is -0.155. The Morgan fingerprint density at radius 1 is 1.11 bits per heavy atom. The van der Waals surface area contributed by atoms with Gasteiger partial charge in [-0.15, -0.1) is 0 Å². The van der Waals surface area contributed by atoms with Crippen molar-refractivity contribution in [2.45, 2.75) is 63.1 Å². The molecule has 3 aliphatic rings. The van der Waals surface area contributed by atoms with Gasteiger partial charge in [0.15, 0.2) is 0 Å². The SMILES string of the molecule is COC1COCCC1N(Cc1cc(C(F)(F)F)cc(C(F)(F)F)c1)C(=O)C1(CC2CC2)CCNC1. The van der Waals surface area contributed by atoms with Crippen LogP contribution in [0.4, 0.5) is 26.3 Å². The van der Waals surface area contributed by atoms with E-state index in [1.54, 1.807) is 0 Å². The number of halogens is 6. The average Bonchev–Trinajstić information content (AvgIpc) is 3.49. The number of methoxy groups -OCH3 is 1. The Bertz CT molecular complexity index is 877. The minimum absolute atomic E-state index is 0.109. The maximum absolute atomic E-state index is 14.1. The van der Waals surface area contributed by atoms with E-state index in [1.165, 1.54) is 12.0 Å². The summed E-state index contributed by atoms with van der Waals surface area (Å²) in [6.07, 6.45) is -6.79.